The summed E-state index contributed by atoms with van der Waals surface area (Å²) in [7, 11) is 3.40. The minimum atomic E-state index is -0.105. The lowest BCUT2D eigenvalue weighted by atomic mass is 10.4. The normalized spacial score (nSPS) is 10.1. The molecular weight excluding hydrogens is 184 g/mol. The van der Waals surface area contributed by atoms with Crippen molar-refractivity contribution >= 4 is 5.91 Å². The van der Waals surface area contributed by atoms with Crippen LogP contribution >= 0.6 is 0 Å². The number of hydrogen-bond acceptors (Lipinski definition) is 4. The Balaban J connectivity index is 3.01. The van der Waals surface area contributed by atoms with Crippen LogP contribution in [-0.4, -0.2) is 53.0 Å². The molecule has 0 aromatic carbocycles. The molecule has 1 amide bonds. The van der Waals surface area contributed by atoms with Gasteiger partial charge in [0.25, 0.3) is 0 Å². The van der Waals surface area contributed by atoms with Gasteiger partial charge in [0.05, 0.1) is 6.61 Å². The predicted molar refractivity (Wildman–Crippen MR) is 54.2 cm³/mol. The smallest absolute Gasteiger partial charge is 0.246 e. The number of amides is 1. The Bertz CT molecular complexity index is 142. The van der Waals surface area contributed by atoms with Gasteiger partial charge < -0.3 is 20.1 Å². The first kappa shape index (κ1) is 13.4. The van der Waals surface area contributed by atoms with Gasteiger partial charge in [-0.2, -0.15) is 0 Å². The summed E-state index contributed by atoms with van der Waals surface area (Å²) in [4.78, 5) is 10.9. The zero-order valence-corrected chi connectivity index (χ0v) is 8.97. The number of nitrogens with one attached hydrogen (secondary N) is 2. The highest BCUT2D eigenvalue weighted by molar-refractivity contribution is 5.77. The molecule has 0 saturated carbocycles. The molecule has 5 nitrogen and oxygen atoms in total. The first-order valence-corrected chi connectivity index (χ1v) is 4.79. The third-order valence-corrected chi connectivity index (χ3v) is 1.56. The molecule has 0 aromatic rings. The minimum Gasteiger partial charge on any atom is -0.380 e. The van der Waals surface area contributed by atoms with Crippen LogP contribution < -0.4 is 10.6 Å². The second-order valence-electron chi connectivity index (χ2n) is 2.85. The zero-order chi connectivity index (χ0) is 10.6. The fourth-order valence-electron chi connectivity index (χ4n) is 0.898. The summed E-state index contributed by atoms with van der Waals surface area (Å²) in [6.07, 6.45) is 0.989. The molecule has 0 aliphatic carbocycles. The fraction of sp³-hybridized carbons (Fsp3) is 0.889. The van der Waals surface area contributed by atoms with Gasteiger partial charge in [-0.15, -0.1) is 0 Å². The quantitative estimate of drug-likeness (QED) is 0.491. The Morgan fingerprint density at radius 1 is 1.29 bits per heavy atom. The van der Waals surface area contributed by atoms with E-state index in [0.717, 1.165) is 19.6 Å². The molecular formula is C9H20N2O3. The van der Waals surface area contributed by atoms with Crippen LogP contribution in [-0.2, 0) is 14.3 Å². The molecule has 0 spiro atoms. The molecule has 0 aromatic heterocycles. The van der Waals surface area contributed by atoms with Crippen molar-refractivity contribution in [3.05, 3.63) is 0 Å². The molecule has 2 N–H and O–H groups in total. The lowest BCUT2D eigenvalue weighted by Crippen LogP contribution is -2.30. The number of ether oxygens (including phenoxy) is 2. The van der Waals surface area contributed by atoms with Crippen molar-refractivity contribution in [1.82, 2.24) is 10.6 Å². The first-order valence-electron chi connectivity index (χ1n) is 4.79. The van der Waals surface area contributed by atoms with Gasteiger partial charge in [-0.3, -0.25) is 4.79 Å². The molecule has 0 unspecified atom stereocenters. The van der Waals surface area contributed by atoms with Crippen LogP contribution in [0.25, 0.3) is 0 Å². The molecule has 0 saturated heterocycles. The van der Waals surface area contributed by atoms with Crippen LogP contribution in [0, 0.1) is 0 Å². The SMILES string of the molecule is CNCCCOCCNC(=O)COC. The van der Waals surface area contributed by atoms with Gasteiger partial charge >= 0.3 is 0 Å². The van der Waals surface area contributed by atoms with Crippen molar-refractivity contribution < 1.29 is 14.3 Å². The average molecular weight is 204 g/mol. The fourth-order valence-corrected chi connectivity index (χ4v) is 0.898. The van der Waals surface area contributed by atoms with Gasteiger partial charge in [-0.05, 0) is 20.0 Å². The summed E-state index contributed by atoms with van der Waals surface area (Å²) >= 11 is 0. The predicted octanol–water partition coefficient (Wildman–Crippen LogP) is -0.625. The second kappa shape index (κ2) is 10.4. The van der Waals surface area contributed by atoms with Crippen molar-refractivity contribution in [3.8, 4) is 0 Å². The van der Waals surface area contributed by atoms with E-state index in [4.69, 9.17) is 4.74 Å². The van der Waals surface area contributed by atoms with Crippen molar-refractivity contribution in [1.29, 1.82) is 0 Å². The van der Waals surface area contributed by atoms with Crippen molar-refractivity contribution in [2.45, 2.75) is 6.42 Å². The molecule has 0 atom stereocenters. The number of rotatable bonds is 9. The molecule has 0 fully saturated rings. The largest absolute Gasteiger partial charge is 0.380 e. The van der Waals surface area contributed by atoms with Crippen LogP contribution in [0.5, 0.6) is 0 Å². The summed E-state index contributed by atoms with van der Waals surface area (Å²) in [5, 5.41) is 5.70. The summed E-state index contributed by atoms with van der Waals surface area (Å²) < 4.78 is 9.92. The van der Waals surface area contributed by atoms with Crippen LogP contribution in [0.15, 0.2) is 0 Å². The Morgan fingerprint density at radius 3 is 2.71 bits per heavy atom. The van der Waals surface area contributed by atoms with Gasteiger partial charge in [0.1, 0.15) is 6.61 Å². The van der Waals surface area contributed by atoms with E-state index in [0.29, 0.717) is 13.2 Å². The number of carbonyl (C=O) groups excluding carboxylic acids is 1. The Kier molecular flexibility index (Phi) is 9.95. The number of carbonyl (C=O) groups is 1. The third-order valence-electron chi connectivity index (χ3n) is 1.56. The topological polar surface area (TPSA) is 59.6 Å². The highest BCUT2D eigenvalue weighted by Crippen LogP contribution is 1.79. The zero-order valence-electron chi connectivity index (χ0n) is 8.97. The monoisotopic (exact) mass is 204 g/mol. The summed E-state index contributed by atoms with van der Waals surface area (Å²) in [5.41, 5.74) is 0. The van der Waals surface area contributed by atoms with Gasteiger partial charge in [-0.1, -0.05) is 0 Å². The lowest BCUT2D eigenvalue weighted by Gasteiger charge is -2.05. The van der Waals surface area contributed by atoms with E-state index in [1.807, 2.05) is 7.05 Å². The molecule has 0 rings (SSSR count). The number of methoxy groups -OCH3 is 1. The highest BCUT2D eigenvalue weighted by Gasteiger charge is 1.97. The molecule has 0 aliphatic heterocycles. The second-order valence-corrected chi connectivity index (χ2v) is 2.85. The van der Waals surface area contributed by atoms with E-state index in [2.05, 4.69) is 15.4 Å². The molecule has 0 radical (unpaired) electrons. The van der Waals surface area contributed by atoms with E-state index < -0.39 is 0 Å². The van der Waals surface area contributed by atoms with E-state index in [1.165, 1.54) is 7.11 Å². The van der Waals surface area contributed by atoms with E-state index in [9.17, 15) is 4.79 Å². The Morgan fingerprint density at radius 2 is 2.07 bits per heavy atom. The molecule has 0 aliphatic rings. The summed E-state index contributed by atoms with van der Waals surface area (Å²) in [6.45, 7) is 2.89. The first-order chi connectivity index (χ1) is 6.81. The van der Waals surface area contributed by atoms with Crippen LogP contribution in [0.2, 0.25) is 0 Å². The molecule has 14 heavy (non-hydrogen) atoms. The van der Waals surface area contributed by atoms with E-state index in [1.54, 1.807) is 0 Å². The van der Waals surface area contributed by atoms with Gasteiger partial charge in [0.15, 0.2) is 0 Å². The average Bonchev–Trinajstić information content (AvgIpc) is 2.17. The molecule has 5 heteroatoms. The standard InChI is InChI=1S/C9H20N2O3/c1-10-4-3-6-14-7-5-11-9(12)8-13-2/h10H,3-8H2,1-2H3,(H,11,12). The number of hydrogen-bond donors (Lipinski definition) is 2. The lowest BCUT2D eigenvalue weighted by molar-refractivity contribution is -0.124. The molecule has 0 bridgehead atoms. The Labute approximate surface area is 85.1 Å². The maximum Gasteiger partial charge on any atom is 0.246 e. The maximum atomic E-state index is 10.9. The van der Waals surface area contributed by atoms with Crippen molar-refractivity contribution in [2.24, 2.45) is 0 Å². The molecule has 84 valence electrons. The van der Waals surface area contributed by atoms with Gasteiger partial charge in [0.2, 0.25) is 5.91 Å². The highest BCUT2D eigenvalue weighted by atomic mass is 16.5. The third kappa shape index (κ3) is 9.44. The van der Waals surface area contributed by atoms with E-state index in [-0.39, 0.29) is 12.5 Å². The maximum absolute atomic E-state index is 10.9. The molecule has 0 heterocycles. The van der Waals surface area contributed by atoms with Crippen molar-refractivity contribution in [3.63, 3.8) is 0 Å². The summed E-state index contributed by atoms with van der Waals surface area (Å²) in [6, 6.07) is 0. The van der Waals surface area contributed by atoms with E-state index >= 15 is 0 Å². The summed E-state index contributed by atoms with van der Waals surface area (Å²) in [5.74, 6) is -0.105. The Hall–Kier alpha value is -0.650. The van der Waals surface area contributed by atoms with Crippen LogP contribution in [0.3, 0.4) is 0 Å². The van der Waals surface area contributed by atoms with Crippen LogP contribution in [0.4, 0.5) is 0 Å². The van der Waals surface area contributed by atoms with Gasteiger partial charge in [-0.25, -0.2) is 0 Å². The van der Waals surface area contributed by atoms with Gasteiger partial charge in [0, 0.05) is 20.3 Å². The van der Waals surface area contributed by atoms with Crippen LogP contribution in [0.1, 0.15) is 6.42 Å². The van der Waals surface area contributed by atoms with Crippen molar-refractivity contribution in [2.75, 3.05) is 47.1 Å². The minimum absolute atomic E-state index is 0.105.